The van der Waals surface area contributed by atoms with Crippen LogP contribution in [-0.4, -0.2) is 59.9 Å². The first-order valence-electron chi connectivity index (χ1n) is 9.82. The number of aromatic amines is 1. The highest BCUT2D eigenvalue weighted by Crippen LogP contribution is 2.26. The van der Waals surface area contributed by atoms with Gasteiger partial charge in [-0.25, -0.2) is 0 Å². The Morgan fingerprint density at radius 2 is 2.24 bits per heavy atom. The maximum absolute atomic E-state index is 12.2. The number of nitrogens with one attached hydrogen (secondary N) is 2. The molecule has 140 valence electrons. The van der Waals surface area contributed by atoms with Crippen molar-refractivity contribution in [2.75, 3.05) is 32.8 Å². The lowest BCUT2D eigenvalue weighted by Crippen LogP contribution is -2.43. The molecule has 2 fully saturated rings. The van der Waals surface area contributed by atoms with Gasteiger partial charge in [0.2, 0.25) is 5.91 Å². The van der Waals surface area contributed by atoms with Gasteiger partial charge in [0.1, 0.15) is 0 Å². The molecule has 0 unspecified atom stereocenters. The number of amides is 1. The van der Waals surface area contributed by atoms with Crippen LogP contribution in [0.25, 0.3) is 0 Å². The lowest BCUT2D eigenvalue weighted by atomic mass is 9.88. The van der Waals surface area contributed by atoms with Crippen molar-refractivity contribution in [3.63, 3.8) is 0 Å². The fourth-order valence-corrected chi connectivity index (χ4v) is 4.14. The summed E-state index contributed by atoms with van der Waals surface area (Å²) in [4.78, 5) is 14.4. The molecule has 6 heteroatoms. The molecule has 1 aliphatic carbocycles. The number of carbonyl (C=O) groups excluding carboxylic acids is 1. The zero-order valence-electron chi connectivity index (χ0n) is 15.4. The molecule has 6 nitrogen and oxygen atoms in total. The molecule has 2 N–H and O–H groups in total. The molecule has 0 aromatic carbocycles. The van der Waals surface area contributed by atoms with Gasteiger partial charge in [0, 0.05) is 30.9 Å². The first-order chi connectivity index (χ1) is 12.2. The lowest BCUT2D eigenvalue weighted by molar-refractivity contribution is -0.123. The molecule has 25 heavy (non-hydrogen) atoms. The zero-order chi connectivity index (χ0) is 17.5. The average molecular weight is 348 g/mol. The minimum absolute atomic E-state index is 0.102. The molecule has 3 rings (SSSR count). The first-order valence-corrected chi connectivity index (χ1v) is 9.82. The number of nitrogens with zero attached hydrogens (tertiary/aromatic N) is 2. The molecule has 2 aliphatic rings. The highest BCUT2D eigenvalue weighted by Gasteiger charge is 2.24. The molecule has 1 aromatic rings. The largest absolute Gasteiger partial charge is 0.376 e. The second kappa shape index (κ2) is 9.34. The summed E-state index contributed by atoms with van der Waals surface area (Å²) in [6.07, 6.45) is 9.49. The van der Waals surface area contributed by atoms with Crippen LogP contribution in [0.4, 0.5) is 0 Å². The summed E-state index contributed by atoms with van der Waals surface area (Å²) in [5.41, 5.74) is 1.18. The molecule has 3 atom stereocenters. The molecule has 1 saturated carbocycles. The smallest absolute Gasteiger partial charge is 0.234 e. The van der Waals surface area contributed by atoms with Crippen molar-refractivity contribution < 1.29 is 9.53 Å². The van der Waals surface area contributed by atoms with Crippen molar-refractivity contribution in [3.05, 3.63) is 18.0 Å². The molecule has 2 heterocycles. The first kappa shape index (κ1) is 18.4. The van der Waals surface area contributed by atoms with Gasteiger partial charge >= 0.3 is 0 Å². The van der Waals surface area contributed by atoms with E-state index in [4.69, 9.17) is 4.74 Å². The van der Waals surface area contributed by atoms with E-state index in [1.54, 1.807) is 6.20 Å². The standard InChI is InChI=1S/C19H32N4O2/c1-15-5-2-3-7-18(15)25-12-10-20-19(24)14-23-11-4-6-16(13-23)17-8-9-21-22-17/h8-9,15-16,18H,2-7,10-14H2,1H3,(H,20,24)(H,21,22)/t15-,16-,18-/m1/s1. The summed E-state index contributed by atoms with van der Waals surface area (Å²) in [5, 5.41) is 10.1. The third-order valence-electron chi connectivity index (χ3n) is 5.62. The normalized spacial score (nSPS) is 28.0. The van der Waals surface area contributed by atoms with Crippen LogP contribution in [0.5, 0.6) is 0 Å². The van der Waals surface area contributed by atoms with Crippen molar-refractivity contribution >= 4 is 5.91 Å². The maximum atomic E-state index is 12.2. The van der Waals surface area contributed by atoms with E-state index in [1.165, 1.54) is 25.0 Å². The van der Waals surface area contributed by atoms with Crippen LogP contribution in [0.2, 0.25) is 0 Å². The highest BCUT2D eigenvalue weighted by molar-refractivity contribution is 5.78. The number of rotatable bonds is 7. The third-order valence-corrected chi connectivity index (χ3v) is 5.62. The molecule has 1 aliphatic heterocycles. The van der Waals surface area contributed by atoms with Crippen molar-refractivity contribution in [1.29, 1.82) is 0 Å². The van der Waals surface area contributed by atoms with Crippen LogP contribution in [0.15, 0.2) is 12.3 Å². The Morgan fingerprint density at radius 1 is 1.36 bits per heavy atom. The van der Waals surface area contributed by atoms with E-state index in [9.17, 15) is 4.79 Å². The Labute approximate surface area is 150 Å². The summed E-state index contributed by atoms with van der Waals surface area (Å²) in [5.74, 6) is 1.21. The Hall–Kier alpha value is -1.40. The molecular weight excluding hydrogens is 316 g/mol. The Morgan fingerprint density at radius 3 is 3.04 bits per heavy atom. The highest BCUT2D eigenvalue weighted by atomic mass is 16.5. The molecule has 0 radical (unpaired) electrons. The molecule has 1 amide bonds. The summed E-state index contributed by atoms with van der Waals surface area (Å²) < 4.78 is 5.96. The van der Waals surface area contributed by atoms with Gasteiger partial charge < -0.3 is 10.1 Å². The number of carbonyl (C=O) groups is 1. The van der Waals surface area contributed by atoms with Crippen molar-refractivity contribution in [3.8, 4) is 0 Å². The fraction of sp³-hybridized carbons (Fsp3) is 0.789. The molecule has 1 saturated heterocycles. The average Bonchev–Trinajstić information content (AvgIpc) is 3.15. The SMILES string of the molecule is C[C@@H]1CCCC[C@H]1OCCNC(=O)CN1CCC[C@@H](c2ccn[nH]2)C1. The molecule has 0 bridgehead atoms. The number of hydrogen-bond donors (Lipinski definition) is 2. The van der Waals surface area contributed by atoms with Crippen LogP contribution in [0.3, 0.4) is 0 Å². The minimum Gasteiger partial charge on any atom is -0.376 e. The minimum atomic E-state index is 0.102. The Balaban J connectivity index is 1.32. The number of piperidine rings is 1. The van der Waals surface area contributed by atoms with Gasteiger partial charge in [0.05, 0.1) is 19.3 Å². The Bertz CT molecular complexity index is 520. The number of hydrogen-bond acceptors (Lipinski definition) is 4. The number of aromatic nitrogens is 2. The number of H-pyrrole nitrogens is 1. The Kier molecular flexibility index (Phi) is 6.87. The molecular formula is C19H32N4O2. The van der Waals surface area contributed by atoms with Crippen LogP contribution >= 0.6 is 0 Å². The zero-order valence-corrected chi connectivity index (χ0v) is 15.4. The van der Waals surface area contributed by atoms with E-state index in [1.807, 2.05) is 6.07 Å². The van der Waals surface area contributed by atoms with Gasteiger partial charge in [-0.2, -0.15) is 5.10 Å². The van der Waals surface area contributed by atoms with E-state index in [-0.39, 0.29) is 5.91 Å². The van der Waals surface area contributed by atoms with Crippen molar-refractivity contribution in [2.24, 2.45) is 5.92 Å². The van der Waals surface area contributed by atoms with E-state index < -0.39 is 0 Å². The van der Waals surface area contributed by atoms with Gasteiger partial charge in [-0.05, 0) is 44.2 Å². The predicted octanol–water partition coefficient (Wildman–Crippen LogP) is 2.30. The van der Waals surface area contributed by atoms with Crippen LogP contribution < -0.4 is 5.32 Å². The second-order valence-corrected chi connectivity index (χ2v) is 7.61. The maximum Gasteiger partial charge on any atom is 0.234 e. The quantitative estimate of drug-likeness (QED) is 0.742. The van der Waals surface area contributed by atoms with E-state index >= 15 is 0 Å². The predicted molar refractivity (Wildman–Crippen MR) is 97.4 cm³/mol. The van der Waals surface area contributed by atoms with Gasteiger partial charge in [0.25, 0.3) is 0 Å². The van der Waals surface area contributed by atoms with Gasteiger partial charge in [-0.3, -0.25) is 14.8 Å². The van der Waals surface area contributed by atoms with E-state index in [0.717, 1.165) is 32.4 Å². The number of ether oxygens (including phenoxy) is 1. The van der Waals surface area contributed by atoms with Crippen molar-refractivity contribution in [1.82, 2.24) is 20.4 Å². The third kappa shape index (κ3) is 5.54. The number of likely N-dealkylation sites (tertiary alicyclic amines) is 1. The monoisotopic (exact) mass is 348 g/mol. The second-order valence-electron chi connectivity index (χ2n) is 7.61. The molecule has 0 spiro atoms. The van der Waals surface area contributed by atoms with E-state index in [0.29, 0.717) is 37.6 Å². The summed E-state index contributed by atoms with van der Waals surface area (Å²) in [6.45, 7) is 5.90. The van der Waals surface area contributed by atoms with Crippen molar-refractivity contribution in [2.45, 2.75) is 57.5 Å². The van der Waals surface area contributed by atoms with Crippen LogP contribution in [0.1, 0.15) is 57.1 Å². The summed E-state index contributed by atoms with van der Waals surface area (Å²) >= 11 is 0. The molecule has 1 aromatic heterocycles. The van der Waals surface area contributed by atoms with Gasteiger partial charge in [-0.1, -0.05) is 19.8 Å². The van der Waals surface area contributed by atoms with E-state index in [2.05, 4.69) is 27.3 Å². The topological polar surface area (TPSA) is 70.2 Å². The van der Waals surface area contributed by atoms with Crippen LogP contribution in [-0.2, 0) is 9.53 Å². The summed E-state index contributed by atoms with van der Waals surface area (Å²) in [6, 6.07) is 2.04. The van der Waals surface area contributed by atoms with Gasteiger partial charge in [-0.15, -0.1) is 0 Å². The lowest BCUT2D eigenvalue weighted by Gasteiger charge is -2.31. The fourth-order valence-electron chi connectivity index (χ4n) is 4.14. The van der Waals surface area contributed by atoms with Crippen LogP contribution in [0, 0.1) is 5.92 Å². The van der Waals surface area contributed by atoms with Gasteiger partial charge in [0.15, 0.2) is 0 Å². The summed E-state index contributed by atoms with van der Waals surface area (Å²) in [7, 11) is 0.